The third-order valence-corrected chi connectivity index (χ3v) is 5.99. The van der Waals surface area contributed by atoms with Gasteiger partial charge in [-0.2, -0.15) is 4.98 Å². The van der Waals surface area contributed by atoms with Gasteiger partial charge in [0.2, 0.25) is 17.6 Å². The van der Waals surface area contributed by atoms with Crippen LogP contribution in [-0.2, 0) is 17.8 Å². The Morgan fingerprint density at radius 1 is 1.27 bits per heavy atom. The SMILES string of the molecule is CCc1ccc(-c2noc(CN3CCCC(CNC(=O)C4CCCN4)C3)n2)cc1.Cl. The molecule has 2 N–H and O–H groups in total. The second kappa shape index (κ2) is 10.9. The van der Waals surface area contributed by atoms with Crippen molar-refractivity contribution in [1.82, 2.24) is 25.7 Å². The zero-order chi connectivity index (χ0) is 20.1. The molecule has 30 heavy (non-hydrogen) atoms. The molecule has 0 saturated carbocycles. The Bertz CT molecular complexity index is 804. The van der Waals surface area contributed by atoms with Crippen LogP contribution in [0.25, 0.3) is 11.4 Å². The molecule has 2 saturated heterocycles. The first-order valence-corrected chi connectivity index (χ1v) is 10.9. The number of rotatable bonds is 7. The van der Waals surface area contributed by atoms with Crippen molar-refractivity contribution in [1.29, 1.82) is 0 Å². The van der Waals surface area contributed by atoms with Crippen LogP contribution in [0.1, 0.15) is 44.1 Å². The lowest BCUT2D eigenvalue weighted by Gasteiger charge is -2.32. The van der Waals surface area contributed by atoms with Gasteiger partial charge < -0.3 is 15.2 Å². The van der Waals surface area contributed by atoms with Crippen LogP contribution >= 0.6 is 12.4 Å². The summed E-state index contributed by atoms with van der Waals surface area (Å²) in [6.45, 7) is 6.47. The fourth-order valence-electron chi connectivity index (χ4n) is 4.26. The minimum atomic E-state index is -0.00194. The van der Waals surface area contributed by atoms with Gasteiger partial charge in [0.15, 0.2) is 0 Å². The van der Waals surface area contributed by atoms with E-state index in [9.17, 15) is 4.79 Å². The third kappa shape index (κ3) is 5.80. The number of halogens is 1. The van der Waals surface area contributed by atoms with Gasteiger partial charge in [0.1, 0.15) is 0 Å². The Morgan fingerprint density at radius 3 is 2.83 bits per heavy atom. The van der Waals surface area contributed by atoms with Crippen LogP contribution in [0.2, 0.25) is 0 Å². The van der Waals surface area contributed by atoms with Gasteiger partial charge >= 0.3 is 0 Å². The molecule has 1 aromatic heterocycles. The molecule has 2 fully saturated rings. The summed E-state index contributed by atoms with van der Waals surface area (Å²) >= 11 is 0. The van der Waals surface area contributed by atoms with Crippen molar-refractivity contribution in [3.8, 4) is 11.4 Å². The van der Waals surface area contributed by atoms with E-state index in [1.807, 2.05) is 12.1 Å². The van der Waals surface area contributed by atoms with Crippen LogP contribution in [0, 0.1) is 5.92 Å². The lowest BCUT2D eigenvalue weighted by molar-refractivity contribution is -0.123. The zero-order valence-electron chi connectivity index (χ0n) is 17.6. The van der Waals surface area contributed by atoms with Crippen LogP contribution in [0.4, 0.5) is 0 Å². The molecule has 2 atom stereocenters. The first-order chi connectivity index (χ1) is 14.2. The molecule has 164 valence electrons. The average molecular weight is 434 g/mol. The van der Waals surface area contributed by atoms with Gasteiger partial charge in [0, 0.05) is 18.7 Å². The summed E-state index contributed by atoms with van der Waals surface area (Å²) in [6.07, 6.45) is 5.33. The van der Waals surface area contributed by atoms with Gasteiger partial charge in [-0.25, -0.2) is 0 Å². The molecule has 7 nitrogen and oxygen atoms in total. The Balaban J connectivity index is 0.00000256. The molecular formula is C22H32ClN5O2. The van der Waals surface area contributed by atoms with E-state index in [1.165, 1.54) is 5.56 Å². The van der Waals surface area contributed by atoms with E-state index in [-0.39, 0.29) is 24.4 Å². The minimum absolute atomic E-state index is 0. The monoisotopic (exact) mass is 433 g/mol. The van der Waals surface area contributed by atoms with E-state index in [0.717, 1.165) is 63.8 Å². The molecule has 2 aromatic rings. The molecule has 1 amide bonds. The number of amides is 1. The van der Waals surface area contributed by atoms with E-state index < -0.39 is 0 Å². The quantitative estimate of drug-likeness (QED) is 0.698. The fraction of sp³-hybridized carbons (Fsp3) is 0.591. The van der Waals surface area contributed by atoms with E-state index >= 15 is 0 Å². The molecule has 0 radical (unpaired) electrons. The maximum absolute atomic E-state index is 12.2. The number of hydrogen-bond donors (Lipinski definition) is 2. The molecule has 4 rings (SSSR count). The fourth-order valence-corrected chi connectivity index (χ4v) is 4.26. The number of carbonyl (C=O) groups excluding carboxylic acids is 1. The van der Waals surface area contributed by atoms with Gasteiger partial charge in [-0.05, 0) is 56.7 Å². The number of aryl methyl sites for hydroxylation is 1. The largest absolute Gasteiger partial charge is 0.354 e. The second-order valence-corrected chi connectivity index (χ2v) is 8.20. The maximum Gasteiger partial charge on any atom is 0.241 e. The van der Waals surface area contributed by atoms with Crippen molar-refractivity contribution in [2.45, 2.75) is 51.6 Å². The Hall–Kier alpha value is -1.96. The van der Waals surface area contributed by atoms with Crippen LogP contribution in [0.15, 0.2) is 28.8 Å². The highest BCUT2D eigenvalue weighted by molar-refractivity contribution is 5.85. The highest BCUT2D eigenvalue weighted by Gasteiger charge is 2.25. The summed E-state index contributed by atoms with van der Waals surface area (Å²) in [5.74, 6) is 1.92. The predicted molar refractivity (Wildman–Crippen MR) is 118 cm³/mol. The summed E-state index contributed by atoms with van der Waals surface area (Å²) in [4.78, 5) is 19.2. The van der Waals surface area contributed by atoms with Crippen molar-refractivity contribution in [2.24, 2.45) is 5.92 Å². The number of hydrogen-bond acceptors (Lipinski definition) is 6. The number of piperidine rings is 1. The molecule has 2 aliphatic heterocycles. The molecule has 0 bridgehead atoms. The van der Waals surface area contributed by atoms with Crippen molar-refractivity contribution in [3.63, 3.8) is 0 Å². The van der Waals surface area contributed by atoms with E-state index in [2.05, 4.69) is 44.7 Å². The molecule has 0 spiro atoms. The van der Waals surface area contributed by atoms with Crippen molar-refractivity contribution in [2.75, 3.05) is 26.2 Å². The normalized spacial score (nSPS) is 21.9. The van der Waals surface area contributed by atoms with E-state index in [1.54, 1.807) is 0 Å². The maximum atomic E-state index is 12.2. The van der Waals surface area contributed by atoms with Crippen LogP contribution < -0.4 is 10.6 Å². The van der Waals surface area contributed by atoms with Gasteiger partial charge in [0.25, 0.3) is 0 Å². The molecule has 0 aliphatic carbocycles. The Labute approximate surface area is 184 Å². The lowest BCUT2D eigenvalue weighted by atomic mass is 9.98. The Kier molecular flexibility index (Phi) is 8.24. The number of carbonyl (C=O) groups is 1. The average Bonchev–Trinajstić information content (AvgIpc) is 3.45. The molecule has 2 unspecified atom stereocenters. The number of benzene rings is 1. The summed E-state index contributed by atoms with van der Waals surface area (Å²) in [6, 6.07) is 8.31. The lowest BCUT2D eigenvalue weighted by Crippen LogP contribution is -2.45. The van der Waals surface area contributed by atoms with Crippen LogP contribution in [0.5, 0.6) is 0 Å². The van der Waals surface area contributed by atoms with Crippen LogP contribution in [0.3, 0.4) is 0 Å². The standard InChI is InChI=1S/C22H31N5O2.ClH/c1-2-16-7-9-18(10-8-16)21-25-20(29-26-21)15-27-12-4-5-17(14-27)13-24-22(28)19-6-3-11-23-19;/h7-10,17,19,23H,2-6,11-15H2,1H3,(H,24,28);1H. The number of nitrogens with one attached hydrogen (secondary N) is 2. The smallest absolute Gasteiger partial charge is 0.241 e. The summed E-state index contributed by atoms with van der Waals surface area (Å²) in [5.41, 5.74) is 2.28. The minimum Gasteiger partial charge on any atom is -0.354 e. The summed E-state index contributed by atoms with van der Waals surface area (Å²) < 4.78 is 5.50. The second-order valence-electron chi connectivity index (χ2n) is 8.20. The molecule has 8 heteroatoms. The highest BCUT2D eigenvalue weighted by atomic mass is 35.5. The molecule has 1 aromatic carbocycles. The number of aromatic nitrogens is 2. The molecule has 3 heterocycles. The van der Waals surface area contributed by atoms with Crippen molar-refractivity contribution >= 4 is 18.3 Å². The third-order valence-electron chi connectivity index (χ3n) is 5.99. The summed E-state index contributed by atoms with van der Waals surface area (Å²) in [5, 5.41) is 10.5. The van der Waals surface area contributed by atoms with Gasteiger partial charge in [0.05, 0.1) is 12.6 Å². The Morgan fingerprint density at radius 2 is 2.10 bits per heavy atom. The summed E-state index contributed by atoms with van der Waals surface area (Å²) in [7, 11) is 0. The molecular weight excluding hydrogens is 402 g/mol. The van der Waals surface area contributed by atoms with E-state index in [4.69, 9.17) is 4.52 Å². The zero-order valence-corrected chi connectivity index (χ0v) is 18.4. The van der Waals surface area contributed by atoms with Crippen molar-refractivity contribution in [3.05, 3.63) is 35.7 Å². The number of likely N-dealkylation sites (tertiary alicyclic amines) is 1. The van der Waals surface area contributed by atoms with E-state index in [0.29, 0.717) is 24.2 Å². The first kappa shape index (κ1) is 22.7. The first-order valence-electron chi connectivity index (χ1n) is 10.9. The highest BCUT2D eigenvalue weighted by Crippen LogP contribution is 2.20. The van der Waals surface area contributed by atoms with Gasteiger partial charge in [-0.3, -0.25) is 9.69 Å². The van der Waals surface area contributed by atoms with Gasteiger partial charge in [-0.1, -0.05) is 36.3 Å². The van der Waals surface area contributed by atoms with Crippen LogP contribution in [-0.4, -0.2) is 53.2 Å². The van der Waals surface area contributed by atoms with Crippen molar-refractivity contribution < 1.29 is 9.32 Å². The number of nitrogens with zero attached hydrogens (tertiary/aromatic N) is 3. The predicted octanol–water partition coefficient (Wildman–Crippen LogP) is 2.80. The van der Waals surface area contributed by atoms with Gasteiger partial charge in [-0.15, -0.1) is 12.4 Å². The molecule has 2 aliphatic rings. The topological polar surface area (TPSA) is 83.3 Å².